The number of benzene rings is 2. The fourth-order valence-corrected chi connectivity index (χ4v) is 5.17. The molecule has 2 atom stereocenters. The molecule has 2 aromatic heterocycles. The first-order valence-corrected chi connectivity index (χ1v) is 13.6. The second-order valence-electron chi connectivity index (χ2n) is 8.51. The summed E-state index contributed by atoms with van der Waals surface area (Å²) in [6, 6.07) is 21.0. The number of piperazine rings is 1. The fraction of sp³-hybridized carbons (Fsp3) is 0.222. The van der Waals surface area contributed by atoms with E-state index in [-0.39, 0.29) is 21.5 Å². The van der Waals surface area contributed by atoms with Crippen LogP contribution in [0.3, 0.4) is 0 Å². The topological polar surface area (TPSA) is 49.8 Å². The van der Waals surface area contributed by atoms with E-state index in [1.165, 1.54) is 5.69 Å². The van der Waals surface area contributed by atoms with Crippen molar-refractivity contribution in [3.63, 3.8) is 0 Å². The van der Waals surface area contributed by atoms with Gasteiger partial charge < -0.3 is 10.2 Å². The summed E-state index contributed by atoms with van der Waals surface area (Å²) in [5.74, 6) is 0. The van der Waals surface area contributed by atoms with Gasteiger partial charge in [-0.15, -0.1) is 0 Å². The molecule has 0 unspecified atom stereocenters. The van der Waals surface area contributed by atoms with Crippen molar-refractivity contribution in [1.29, 1.82) is 0 Å². The Labute approximate surface area is 210 Å². The molecule has 1 fully saturated rings. The predicted molar refractivity (Wildman–Crippen MR) is 135 cm³/mol. The maximum absolute atomic E-state index is 4.77. The Bertz CT molecular complexity index is 1370. The van der Waals surface area contributed by atoms with Gasteiger partial charge in [-0.2, -0.15) is 0 Å². The van der Waals surface area contributed by atoms with Gasteiger partial charge in [-0.05, 0) is 26.0 Å². The van der Waals surface area contributed by atoms with Crippen LogP contribution >= 0.6 is 0 Å². The molecule has 0 radical (unpaired) electrons. The van der Waals surface area contributed by atoms with Gasteiger partial charge in [0.25, 0.3) is 0 Å². The van der Waals surface area contributed by atoms with Crippen LogP contribution in [0.5, 0.6) is 0 Å². The van der Waals surface area contributed by atoms with Crippen molar-refractivity contribution in [2.75, 3.05) is 18.0 Å². The molecule has 1 N–H and O–H groups in total. The summed E-state index contributed by atoms with van der Waals surface area (Å²) in [6.45, 7) is 10.3. The number of rotatable bonds is 4. The van der Waals surface area contributed by atoms with Gasteiger partial charge in [0, 0.05) is 30.9 Å². The van der Waals surface area contributed by atoms with E-state index in [0.717, 1.165) is 46.6 Å². The van der Waals surface area contributed by atoms with Crippen molar-refractivity contribution in [3.8, 4) is 28.3 Å². The minimum atomic E-state index is -0.376. The zero-order valence-electron chi connectivity index (χ0n) is 19.3. The van der Waals surface area contributed by atoms with E-state index in [2.05, 4.69) is 81.3 Å². The molecule has 0 saturated carbocycles. The maximum atomic E-state index is 4.77. The molecule has 2 aromatic carbocycles. The fourth-order valence-electron chi connectivity index (χ4n) is 4.56. The number of nitrogens with one attached hydrogen (secondary N) is 1. The Morgan fingerprint density at radius 1 is 1.06 bits per heavy atom. The first-order valence-electron chi connectivity index (χ1n) is 11.4. The zero-order chi connectivity index (χ0) is 23.5. The average Bonchev–Trinajstić information content (AvgIpc) is 3.28. The van der Waals surface area contributed by atoms with Crippen LogP contribution < -0.4 is 31.7 Å². The molecule has 4 aromatic rings. The quantitative estimate of drug-likeness (QED) is 0.388. The third-order valence-electron chi connectivity index (χ3n) is 6.15. The number of anilines is 1. The van der Waals surface area contributed by atoms with Gasteiger partial charge >= 0.3 is 144 Å². The molecule has 0 amide bonds. The third kappa shape index (κ3) is 4.56. The number of aromatic nitrogens is 3. The second kappa shape index (κ2) is 9.95. The Morgan fingerprint density at radius 3 is 2.62 bits per heavy atom. The molecule has 172 valence electrons. The zero-order valence-corrected chi connectivity index (χ0v) is 21.5. The van der Waals surface area contributed by atoms with Crippen molar-refractivity contribution in [3.05, 3.63) is 86.4 Å². The monoisotopic (exact) mass is 562 g/mol. The molecule has 1 aliphatic heterocycles. The van der Waals surface area contributed by atoms with Crippen molar-refractivity contribution in [2.45, 2.75) is 25.9 Å². The molecule has 1 saturated heterocycles. The van der Waals surface area contributed by atoms with E-state index >= 15 is 0 Å². The number of nitrogens with zero attached hydrogens (tertiary/aromatic N) is 5. The average molecular weight is 562 g/mol. The summed E-state index contributed by atoms with van der Waals surface area (Å²) in [5, 5.41) is 8.08. The molecule has 5 rings (SSSR count). The molecule has 0 spiro atoms. The van der Waals surface area contributed by atoms with Crippen LogP contribution in [0.2, 0.25) is 0 Å². The Balaban J connectivity index is 1.42. The molecule has 0 bridgehead atoms. The molecule has 3 heterocycles. The van der Waals surface area contributed by atoms with Gasteiger partial charge in [0.05, 0.1) is 0 Å². The van der Waals surface area contributed by atoms with Gasteiger partial charge in [0.2, 0.25) is 0 Å². The summed E-state index contributed by atoms with van der Waals surface area (Å²) >= 11 is -0.376. The first kappa shape index (κ1) is 22.6. The summed E-state index contributed by atoms with van der Waals surface area (Å²) in [5.41, 5.74) is 7.25. The Hall–Kier alpha value is -3.22. The van der Waals surface area contributed by atoms with Gasteiger partial charge in [0.1, 0.15) is 0 Å². The van der Waals surface area contributed by atoms with Crippen molar-refractivity contribution in [2.24, 2.45) is 0 Å². The molecular formula is C27H27IN6. The van der Waals surface area contributed by atoms with Crippen molar-refractivity contribution in [1.82, 2.24) is 19.9 Å². The first-order chi connectivity index (χ1) is 16.6. The van der Waals surface area contributed by atoms with Gasteiger partial charge in [-0.3, -0.25) is 0 Å². The molecule has 1 aliphatic rings. The van der Waals surface area contributed by atoms with Gasteiger partial charge in [0.15, 0.2) is 0 Å². The van der Waals surface area contributed by atoms with E-state index < -0.39 is 0 Å². The SMILES string of the molecule is C=C[I-][N+]#Cc1cccc(-c2cnn3cc(-c4ccc(N5[C@H](C)CNC[C@@H]5C)cc4)cnc23)c1. The van der Waals surface area contributed by atoms with E-state index in [9.17, 15) is 0 Å². The van der Waals surface area contributed by atoms with Gasteiger partial charge in [-0.1, -0.05) is 0 Å². The third-order valence-corrected chi connectivity index (χ3v) is 7.06. The summed E-state index contributed by atoms with van der Waals surface area (Å²) in [7, 11) is 0. The molecule has 7 heteroatoms. The number of hydrogen-bond acceptors (Lipinski definition) is 4. The Morgan fingerprint density at radius 2 is 1.85 bits per heavy atom. The van der Waals surface area contributed by atoms with E-state index in [1.807, 2.05) is 39.3 Å². The second-order valence-corrected chi connectivity index (χ2v) is 10.4. The van der Waals surface area contributed by atoms with Crippen LogP contribution in [0.1, 0.15) is 19.4 Å². The van der Waals surface area contributed by atoms with E-state index in [0.29, 0.717) is 12.1 Å². The minimum absolute atomic E-state index is 0.376. The van der Waals surface area contributed by atoms with Crippen LogP contribution in [-0.4, -0.2) is 39.8 Å². The van der Waals surface area contributed by atoms with Crippen molar-refractivity contribution < 1.29 is 21.5 Å². The Kier molecular flexibility index (Phi) is 6.61. The molecule has 0 aliphatic carbocycles. The standard InChI is InChI=1S/C27H27IN6/c1-4-28-31-15-21-6-5-7-23(12-21)26-17-32-33-18-24(16-30-27(26)33)22-8-10-25(11-9-22)34-19(2)13-29-14-20(34)3/h4-12,16-20,29H,1,13-14H2,2-3H3/t19-,20+. The normalized spacial score (nSPS) is 18.0. The van der Waals surface area contributed by atoms with Crippen LogP contribution in [-0.2, 0) is 0 Å². The van der Waals surface area contributed by atoms with Crippen LogP contribution in [0.25, 0.3) is 31.0 Å². The van der Waals surface area contributed by atoms with E-state index in [1.54, 1.807) is 0 Å². The number of hydrogen-bond donors (Lipinski definition) is 1. The summed E-state index contributed by atoms with van der Waals surface area (Å²) in [6.07, 6.45) is 5.84. The molecular weight excluding hydrogens is 535 g/mol. The van der Waals surface area contributed by atoms with Gasteiger partial charge in [-0.25, -0.2) is 0 Å². The number of halogens is 1. The van der Waals surface area contributed by atoms with Crippen LogP contribution in [0, 0.1) is 6.07 Å². The summed E-state index contributed by atoms with van der Waals surface area (Å²) < 4.78 is 8.05. The molecule has 34 heavy (non-hydrogen) atoms. The van der Waals surface area contributed by atoms with Crippen LogP contribution in [0.4, 0.5) is 5.69 Å². The van der Waals surface area contributed by atoms with Crippen LogP contribution in [0.15, 0.2) is 77.8 Å². The van der Waals surface area contributed by atoms with Crippen molar-refractivity contribution >= 4 is 11.3 Å². The van der Waals surface area contributed by atoms with E-state index in [4.69, 9.17) is 4.98 Å². The predicted octanol–water partition coefficient (Wildman–Crippen LogP) is 2.08. The number of fused-ring (bicyclic) bond motifs is 1. The summed E-state index contributed by atoms with van der Waals surface area (Å²) in [4.78, 5) is 7.26. The molecule has 6 nitrogen and oxygen atoms in total.